The Morgan fingerprint density at radius 3 is 2.95 bits per heavy atom. The number of fused-ring (bicyclic) bond motifs is 1. The summed E-state index contributed by atoms with van der Waals surface area (Å²) in [5, 5.41) is 7.63. The Morgan fingerprint density at radius 2 is 2.14 bits per heavy atom. The van der Waals surface area contributed by atoms with Crippen LogP contribution >= 0.6 is 11.3 Å². The van der Waals surface area contributed by atoms with E-state index < -0.39 is 0 Å². The number of thiazole rings is 1. The lowest BCUT2D eigenvalue weighted by Crippen LogP contribution is -2.14. The number of hydrogen-bond donors (Lipinski definition) is 1. The van der Waals surface area contributed by atoms with Gasteiger partial charge in [0, 0.05) is 11.3 Å². The molecule has 0 aromatic carbocycles. The third-order valence-corrected chi connectivity index (χ3v) is 4.70. The first-order chi connectivity index (χ1) is 10.3. The fourth-order valence-corrected chi connectivity index (χ4v) is 3.57. The van der Waals surface area contributed by atoms with Gasteiger partial charge in [0.1, 0.15) is 12.7 Å². The lowest BCUT2D eigenvalue weighted by Gasteiger charge is -2.06. The highest BCUT2D eigenvalue weighted by atomic mass is 32.1. The summed E-state index contributed by atoms with van der Waals surface area (Å²) >= 11 is 1.63. The minimum Gasteiger partial charge on any atom is -0.302 e. The predicted molar refractivity (Wildman–Crippen MR) is 81.3 cm³/mol. The minimum atomic E-state index is -0.0211. The van der Waals surface area contributed by atoms with Gasteiger partial charge in [-0.25, -0.2) is 9.97 Å². The summed E-state index contributed by atoms with van der Waals surface area (Å²) in [6.07, 6.45) is 10.6. The zero-order chi connectivity index (χ0) is 14.5. The van der Waals surface area contributed by atoms with Crippen molar-refractivity contribution in [3.05, 3.63) is 23.2 Å². The monoisotopic (exact) mass is 305 g/mol. The molecule has 0 saturated heterocycles. The molecule has 7 heteroatoms. The highest BCUT2D eigenvalue weighted by Crippen LogP contribution is 2.28. The van der Waals surface area contributed by atoms with Gasteiger partial charge in [0.25, 0.3) is 0 Å². The van der Waals surface area contributed by atoms with Gasteiger partial charge in [-0.15, -0.1) is 11.3 Å². The summed E-state index contributed by atoms with van der Waals surface area (Å²) in [6.45, 7) is 0.539. The second-order valence-corrected chi connectivity index (χ2v) is 6.34. The van der Waals surface area contributed by atoms with Crippen LogP contribution in [0.15, 0.2) is 12.7 Å². The maximum absolute atomic E-state index is 12.0. The number of anilines is 1. The summed E-state index contributed by atoms with van der Waals surface area (Å²) in [7, 11) is 0. The Kier molecular flexibility index (Phi) is 4.59. The second-order valence-electron chi connectivity index (χ2n) is 5.26. The number of nitrogens with one attached hydrogen (secondary N) is 1. The van der Waals surface area contributed by atoms with Crippen molar-refractivity contribution in [2.75, 3.05) is 5.32 Å². The molecular formula is C14H19N5OS. The van der Waals surface area contributed by atoms with Crippen LogP contribution in [0.2, 0.25) is 0 Å². The molecule has 3 rings (SSSR count). The molecule has 0 spiro atoms. The van der Waals surface area contributed by atoms with Crippen LogP contribution in [0, 0.1) is 0 Å². The lowest BCUT2D eigenvalue weighted by molar-refractivity contribution is -0.116. The maximum Gasteiger partial charge on any atom is 0.228 e. The van der Waals surface area contributed by atoms with Gasteiger partial charge in [0.2, 0.25) is 5.91 Å². The normalized spacial score (nSPS) is 15.0. The van der Waals surface area contributed by atoms with Gasteiger partial charge < -0.3 is 5.32 Å². The Labute approximate surface area is 127 Å². The van der Waals surface area contributed by atoms with E-state index in [1.54, 1.807) is 22.3 Å². The van der Waals surface area contributed by atoms with E-state index in [2.05, 4.69) is 20.4 Å². The molecular weight excluding hydrogens is 286 g/mol. The number of carbonyl (C=O) groups is 1. The zero-order valence-corrected chi connectivity index (χ0v) is 12.7. The SMILES string of the molecule is O=C(CCn1cncn1)Nc1nc2c(s1)CCCCCC2. The van der Waals surface area contributed by atoms with Crippen molar-refractivity contribution in [3.63, 3.8) is 0 Å². The van der Waals surface area contributed by atoms with E-state index in [1.165, 1.54) is 42.6 Å². The van der Waals surface area contributed by atoms with Crippen LogP contribution < -0.4 is 5.32 Å². The Bertz CT molecular complexity index is 567. The van der Waals surface area contributed by atoms with Gasteiger partial charge in [-0.1, -0.05) is 12.8 Å². The van der Waals surface area contributed by atoms with E-state index in [1.807, 2.05) is 0 Å². The quantitative estimate of drug-likeness (QED) is 0.941. The van der Waals surface area contributed by atoms with Gasteiger partial charge in [-0.05, 0) is 25.7 Å². The number of rotatable bonds is 4. The van der Waals surface area contributed by atoms with E-state index in [9.17, 15) is 4.79 Å². The molecule has 6 nitrogen and oxygen atoms in total. The molecule has 112 valence electrons. The van der Waals surface area contributed by atoms with Gasteiger partial charge >= 0.3 is 0 Å². The molecule has 0 unspecified atom stereocenters. The molecule has 0 bridgehead atoms. The van der Waals surface area contributed by atoms with Crippen molar-refractivity contribution >= 4 is 22.4 Å². The number of nitrogens with zero attached hydrogens (tertiary/aromatic N) is 4. The van der Waals surface area contributed by atoms with Crippen molar-refractivity contribution in [2.45, 2.75) is 51.5 Å². The van der Waals surface area contributed by atoms with Crippen molar-refractivity contribution in [2.24, 2.45) is 0 Å². The van der Waals surface area contributed by atoms with E-state index in [4.69, 9.17) is 0 Å². The molecule has 0 radical (unpaired) electrons. The smallest absolute Gasteiger partial charge is 0.228 e. The fourth-order valence-electron chi connectivity index (χ4n) is 2.51. The van der Waals surface area contributed by atoms with E-state index >= 15 is 0 Å². The number of aromatic nitrogens is 4. The lowest BCUT2D eigenvalue weighted by atomic mass is 10.0. The van der Waals surface area contributed by atoms with E-state index in [-0.39, 0.29) is 5.91 Å². The van der Waals surface area contributed by atoms with Crippen LogP contribution in [-0.4, -0.2) is 25.7 Å². The molecule has 0 saturated carbocycles. The summed E-state index contributed by atoms with van der Waals surface area (Å²) < 4.78 is 1.65. The molecule has 2 aromatic heterocycles. The average Bonchev–Trinajstić information content (AvgIpc) is 3.07. The van der Waals surface area contributed by atoms with Crippen LogP contribution in [0.3, 0.4) is 0 Å². The molecule has 1 N–H and O–H groups in total. The molecule has 2 heterocycles. The van der Waals surface area contributed by atoms with Crippen molar-refractivity contribution in [3.8, 4) is 0 Å². The molecule has 1 aliphatic carbocycles. The first-order valence-electron chi connectivity index (χ1n) is 7.42. The molecule has 0 fully saturated rings. The first-order valence-corrected chi connectivity index (χ1v) is 8.24. The maximum atomic E-state index is 12.0. The summed E-state index contributed by atoms with van der Waals surface area (Å²) in [4.78, 5) is 21.7. The number of carbonyl (C=O) groups excluding carboxylic acids is 1. The van der Waals surface area contributed by atoms with Crippen molar-refractivity contribution < 1.29 is 4.79 Å². The van der Waals surface area contributed by atoms with Gasteiger partial charge in [0.05, 0.1) is 12.2 Å². The van der Waals surface area contributed by atoms with Crippen molar-refractivity contribution in [1.82, 2.24) is 19.7 Å². The Morgan fingerprint density at radius 1 is 1.29 bits per heavy atom. The third kappa shape index (κ3) is 3.87. The molecule has 1 amide bonds. The average molecular weight is 305 g/mol. The Hall–Kier alpha value is -1.76. The standard InChI is InChI=1S/C14H19N5OS/c20-13(7-8-19-10-15-9-16-19)18-14-17-11-5-3-1-2-4-6-12(11)21-14/h9-10H,1-8H2,(H,17,18,20). The van der Waals surface area contributed by atoms with Gasteiger partial charge in [0.15, 0.2) is 5.13 Å². The summed E-state index contributed by atoms with van der Waals surface area (Å²) in [5.41, 5.74) is 1.19. The third-order valence-electron chi connectivity index (χ3n) is 3.63. The molecule has 1 aliphatic rings. The topological polar surface area (TPSA) is 72.7 Å². The highest BCUT2D eigenvalue weighted by molar-refractivity contribution is 7.15. The van der Waals surface area contributed by atoms with E-state index in [0.717, 1.165) is 18.0 Å². The summed E-state index contributed by atoms with van der Waals surface area (Å²) in [5.74, 6) is -0.0211. The second kappa shape index (κ2) is 6.80. The molecule has 0 aliphatic heterocycles. The largest absolute Gasteiger partial charge is 0.302 e. The Balaban J connectivity index is 1.57. The van der Waals surface area contributed by atoms with Crippen molar-refractivity contribution in [1.29, 1.82) is 0 Å². The summed E-state index contributed by atoms with van der Waals surface area (Å²) in [6, 6.07) is 0. The molecule has 21 heavy (non-hydrogen) atoms. The minimum absolute atomic E-state index is 0.0211. The predicted octanol–water partition coefficient (Wildman–Crippen LogP) is 2.42. The first kappa shape index (κ1) is 14.2. The fraction of sp³-hybridized carbons (Fsp3) is 0.571. The number of amides is 1. The van der Waals surface area contributed by atoms with E-state index in [0.29, 0.717) is 13.0 Å². The molecule has 2 aromatic rings. The van der Waals surface area contributed by atoms with Crippen LogP contribution in [-0.2, 0) is 24.2 Å². The van der Waals surface area contributed by atoms with Gasteiger partial charge in [-0.2, -0.15) is 5.10 Å². The van der Waals surface area contributed by atoms with Crippen LogP contribution in [0.4, 0.5) is 5.13 Å². The number of aryl methyl sites for hydroxylation is 3. The van der Waals surface area contributed by atoms with Crippen LogP contribution in [0.1, 0.15) is 42.7 Å². The molecule has 0 atom stereocenters. The highest BCUT2D eigenvalue weighted by Gasteiger charge is 2.14. The van der Waals surface area contributed by atoms with Crippen LogP contribution in [0.5, 0.6) is 0 Å². The van der Waals surface area contributed by atoms with Gasteiger partial charge in [-0.3, -0.25) is 9.48 Å². The van der Waals surface area contributed by atoms with Crippen LogP contribution in [0.25, 0.3) is 0 Å². The number of hydrogen-bond acceptors (Lipinski definition) is 5. The zero-order valence-electron chi connectivity index (χ0n) is 11.9.